The first-order valence-electron chi connectivity index (χ1n) is 7.72. The second-order valence-electron chi connectivity index (χ2n) is 5.90. The van der Waals surface area contributed by atoms with Gasteiger partial charge in [-0.2, -0.15) is 0 Å². The highest BCUT2D eigenvalue weighted by molar-refractivity contribution is 5.31. The normalized spacial score (nSPS) is 15.7. The van der Waals surface area contributed by atoms with E-state index >= 15 is 0 Å². The predicted molar refractivity (Wildman–Crippen MR) is 86.7 cm³/mol. The number of benzene rings is 2. The molecule has 2 aromatic rings. The van der Waals surface area contributed by atoms with E-state index in [9.17, 15) is 0 Å². The van der Waals surface area contributed by atoms with E-state index in [1.807, 2.05) is 12.1 Å². The lowest BCUT2D eigenvalue weighted by Gasteiger charge is -2.15. The summed E-state index contributed by atoms with van der Waals surface area (Å²) in [5.74, 6) is 1.75. The Labute approximate surface area is 127 Å². The maximum absolute atomic E-state index is 5.28. The van der Waals surface area contributed by atoms with Gasteiger partial charge < -0.3 is 10.1 Å². The summed E-state index contributed by atoms with van der Waals surface area (Å²) in [4.78, 5) is 0. The van der Waals surface area contributed by atoms with Crippen molar-refractivity contribution in [2.75, 3.05) is 7.11 Å². The van der Waals surface area contributed by atoms with Gasteiger partial charge >= 0.3 is 0 Å². The van der Waals surface area contributed by atoms with Crippen LogP contribution in [0.25, 0.3) is 0 Å². The summed E-state index contributed by atoms with van der Waals surface area (Å²) in [6, 6.07) is 17.6. The third-order valence-corrected chi connectivity index (χ3v) is 4.23. The van der Waals surface area contributed by atoms with Gasteiger partial charge in [-0.3, -0.25) is 0 Å². The second kappa shape index (κ2) is 6.31. The summed E-state index contributed by atoms with van der Waals surface area (Å²) in [6.45, 7) is 3.08. The Morgan fingerprint density at radius 3 is 2.57 bits per heavy atom. The first-order chi connectivity index (χ1) is 10.3. The van der Waals surface area contributed by atoms with Crippen LogP contribution in [0.4, 0.5) is 0 Å². The molecule has 1 aliphatic carbocycles. The van der Waals surface area contributed by atoms with Crippen molar-refractivity contribution in [1.29, 1.82) is 0 Å². The lowest BCUT2D eigenvalue weighted by Crippen LogP contribution is -2.18. The van der Waals surface area contributed by atoms with E-state index in [1.165, 1.54) is 29.5 Å². The molecular formula is C19H23NO. The van der Waals surface area contributed by atoms with Gasteiger partial charge in [-0.05, 0) is 54.5 Å². The van der Waals surface area contributed by atoms with Crippen molar-refractivity contribution in [3.63, 3.8) is 0 Å². The molecule has 0 aliphatic heterocycles. The minimum Gasteiger partial charge on any atom is -0.497 e. The van der Waals surface area contributed by atoms with E-state index in [-0.39, 0.29) is 0 Å². The molecule has 0 bridgehead atoms. The number of hydrogen-bond donors (Lipinski definition) is 1. The third kappa shape index (κ3) is 3.64. The minimum atomic E-state index is 0.309. The maximum Gasteiger partial charge on any atom is 0.119 e. The number of ether oxygens (including phenoxy) is 1. The van der Waals surface area contributed by atoms with Crippen LogP contribution in [-0.4, -0.2) is 7.11 Å². The highest BCUT2D eigenvalue weighted by Gasteiger charge is 2.22. The Kier molecular flexibility index (Phi) is 4.26. The minimum absolute atomic E-state index is 0.309. The lowest BCUT2D eigenvalue weighted by molar-refractivity contribution is 0.413. The summed E-state index contributed by atoms with van der Waals surface area (Å²) in [5.41, 5.74) is 4.10. The standard InChI is InChI=1S/C19H23NO/c1-14(18-4-3-5-19(12-18)21-2)20-13-15-6-8-16(9-7-15)17-10-11-17/h3-9,12,14,17,20H,10-11,13H2,1-2H3/t14-/m0/s1. The summed E-state index contributed by atoms with van der Waals surface area (Å²) >= 11 is 0. The molecule has 0 aromatic heterocycles. The Morgan fingerprint density at radius 1 is 1.14 bits per heavy atom. The van der Waals surface area contributed by atoms with Gasteiger partial charge in [-0.1, -0.05) is 36.4 Å². The molecule has 1 fully saturated rings. The fourth-order valence-electron chi connectivity index (χ4n) is 2.62. The monoisotopic (exact) mass is 281 g/mol. The van der Waals surface area contributed by atoms with Crippen molar-refractivity contribution < 1.29 is 4.74 Å². The number of hydrogen-bond acceptors (Lipinski definition) is 2. The van der Waals surface area contributed by atoms with E-state index in [0.717, 1.165) is 18.2 Å². The first kappa shape index (κ1) is 14.2. The van der Waals surface area contributed by atoms with Crippen LogP contribution in [-0.2, 0) is 6.54 Å². The maximum atomic E-state index is 5.28. The largest absolute Gasteiger partial charge is 0.497 e. The number of methoxy groups -OCH3 is 1. The topological polar surface area (TPSA) is 21.3 Å². The van der Waals surface area contributed by atoms with E-state index < -0.39 is 0 Å². The van der Waals surface area contributed by atoms with E-state index in [1.54, 1.807) is 7.11 Å². The van der Waals surface area contributed by atoms with Gasteiger partial charge in [-0.15, -0.1) is 0 Å². The third-order valence-electron chi connectivity index (χ3n) is 4.23. The molecule has 2 nitrogen and oxygen atoms in total. The molecule has 0 unspecified atom stereocenters. The van der Waals surface area contributed by atoms with Crippen LogP contribution in [0.15, 0.2) is 48.5 Å². The molecule has 110 valence electrons. The zero-order valence-corrected chi connectivity index (χ0v) is 12.8. The molecule has 0 saturated heterocycles. The molecule has 0 spiro atoms. The van der Waals surface area contributed by atoms with Gasteiger partial charge in [-0.25, -0.2) is 0 Å². The zero-order valence-electron chi connectivity index (χ0n) is 12.8. The zero-order chi connectivity index (χ0) is 14.7. The second-order valence-corrected chi connectivity index (χ2v) is 5.90. The summed E-state index contributed by atoms with van der Waals surface area (Å²) in [6.07, 6.45) is 2.73. The SMILES string of the molecule is COc1cccc([C@H](C)NCc2ccc(C3CC3)cc2)c1. The molecule has 1 N–H and O–H groups in total. The van der Waals surface area contributed by atoms with Crippen molar-refractivity contribution >= 4 is 0 Å². The van der Waals surface area contributed by atoms with Crippen molar-refractivity contribution in [3.8, 4) is 5.75 Å². The lowest BCUT2D eigenvalue weighted by atomic mass is 10.1. The molecule has 1 atom stereocenters. The number of rotatable bonds is 6. The Hall–Kier alpha value is -1.80. The Bertz CT molecular complexity index is 587. The van der Waals surface area contributed by atoms with E-state index in [0.29, 0.717) is 6.04 Å². The molecule has 2 heteroatoms. The van der Waals surface area contributed by atoms with Gasteiger partial charge in [0.05, 0.1) is 7.11 Å². The smallest absolute Gasteiger partial charge is 0.119 e. The summed E-state index contributed by atoms with van der Waals surface area (Å²) in [5, 5.41) is 3.58. The average Bonchev–Trinajstić information content (AvgIpc) is 3.38. The van der Waals surface area contributed by atoms with Crippen molar-refractivity contribution in [3.05, 3.63) is 65.2 Å². The van der Waals surface area contributed by atoms with Gasteiger partial charge in [0.1, 0.15) is 5.75 Å². The number of nitrogens with one attached hydrogen (secondary N) is 1. The van der Waals surface area contributed by atoms with E-state index in [2.05, 4.69) is 48.6 Å². The van der Waals surface area contributed by atoms with Crippen molar-refractivity contribution in [2.24, 2.45) is 0 Å². The molecule has 2 aromatic carbocycles. The predicted octanol–water partition coefficient (Wildman–Crippen LogP) is 4.42. The molecular weight excluding hydrogens is 258 g/mol. The van der Waals surface area contributed by atoms with E-state index in [4.69, 9.17) is 4.74 Å². The summed E-state index contributed by atoms with van der Waals surface area (Å²) in [7, 11) is 1.71. The fourth-order valence-corrected chi connectivity index (χ4v) is 2.62. The van der Waals surface area contributed by atoms with Crippen LogP contribution < -0.4 is 10.1 Å². The van der Waals surface area contributed by atoms with Crippen LogP contribution in [0.2, 0.25) is 0 Å². The average molecular weight is 281 g/mol. The highest BCUT2D eigenvalue weighted by Crippen LogP contribution is 2.39. The Balaban J connectivity index is 1.58. The van der Waals surface area contributed by atoms with Gasteiger partial charge in [0, 0.05) is 12.6 Å². The van der Waals surface area contributed by atoms with Crippen LogP contribution in [0, 0.1) is 0 Å². The van der Waals surface area contributed by atoms with Crippen LogP contribution in [0.3, 0.4) is 0 Å². The first-order valence-corrected chi connectivity index (χ1v) is 7.72. The quantitative estimate of drug-likeness (QED) is 0.846. The summed E-state index contributed by atoms with van der Waals surface area (Å²) < 4.78 is 5.28. The molecule has 1 aliphatic rings. The highest BCUT2D eigenvalue weighted by atomic mass is 16.5. The molecule has 0 amide bonds. The molecule has 0 radical (unpaired) electrons. The molecule has 1 saturated carbocycles. The van der Waals surface area contributed by atoms with Gasteiger partial charge in [0.2, 0.25) is 0 Å². The molecule has 21 heavy (non-hydrogen) atoms. The van der Waals surface area contributed by atoms with Gasteiger partial charge in [0.15, 0.2) is 0 Å². The van der Waals surface area contributed by atoms with Crippen molar-refractivity contribution in [2.45, 2.75) is 38.3 Å². The van der Waals surface area contributed by atoms with Crippen molar-refractivity contribution in [1.82, 2.24) is 5.32 Å². The van der Waals surface area contributed by atoms with Crippen LogP contribution in [0.1, 0.15) is 48.4 Å². The fraction of sp³-hybridized carbons (Fsp3) is 0.368. The molecule has 0 heterocycles. The Morgan fingerprint density at radius 2 is 1.90 bits per heavy atom. The van der Waals surface area contributed by atoms with Gasteiger partial charge in [0.25, 0.3) is 0 Å². The molecule has 3 rings (SSSR count). The van der Waals surface area contributed by atoms with Crippen LogP contribution in [0.5, 0.6) is 5.75 Å². The van der Waals surface area contributed by atoms with Crippen LogP contribution >= 0.6 is 0 Å².